The largest absolute Gasteiger partial charge is 0.466 e. The van der Waals surface area contributed by atoms with E-state index < -0.39 is 35.6 Å². The van der Waals surface area contributed by atoms with Gasteiger partial charge in [-0.1, -0.05) is 52.2 Å². The van der Waals surface area contributed by atoms with E-state index in [4.69, 9.17) is 14.6 Å². The molecule has 0 aliphatic carbocycles. The number of aliphatic hydroxyl groups is 1. The molecule has 3 unspecified atom stereocenters. The minimum atomic E-state index is -1.15. The van der Waals surface area contributed by atoms with E-state index in [9.17, 15) is 14.4 Å². The van der Waals surface area contributed by atoms with Gasteiger partial charge in [0.2, 0.25) is 11.8 Å². The van der Waals surface area contributed by atoms with Crippen molar-refractivity contribution in [3.8, 4) is 0 Å². The molecule has 0 radical (unpaired) electrons. The minimum Gasteiger partial charge on any atom is -0.466 e. The molecular formula is C28H36BrN5O6. The average Bonchev–Trinajstić information content (AvgIpc) is 3.66. The van der Waals surface area contributed by atoms with Crippen LogP contribution in [-0.2, 0) is 30.5 Å². The minimum absolute atomic E-state index is 0.115. The molecule has 6 atom stereocenters. The summed E-state index contributed by atoms with van der Waals surface area (Å²) in [6.07, 6.45) is 4.49. The number of benzene rings is 1. The molecule has 11 nitrogen and oxygen atoms in total. The molecule has 3 fully saturated rings. The van der Waals surface area contributed by atoms with Crippen molar-refractivity contribution < 1.29 is 29.0 Å². The van der Waals surface area contributed by atoms with Crippen LogP contribution < -0.4 is 0 Å². The van der Waals surface area contributed by atoms with Gasteiger partial charge in [0, 0.05) is 24.5 Å². The maximum Gasteiger partial charge on any atom is 0.312 e. The fraction of sp³-hybridized carbons (Fsp3) is 0.607. The predicted octanol–water partition coefficient (Wildman–Crippen LogP) is 2.27. The topological polar surface area (TPSA) is 127 Å². The van der Waals surface area contributed by atoms with Gasteiger partial charge in [-0.15, -0.1) is 11.7 Å². The SMILES string of the molecule is C=CCN(Cn1nnc2ccccc21)C(=O)C1N(CCCCCCO)C(=O)[C@@H]2[C@H](C(=O)OCC)[C@H]3OC12CC3Br. The predicted molar refractivity (Wildman–Crippen MR) is 149 cm³/mol. The van der Waals surface area contributed by atoms with E-state index in [-0.39, 0.29) is 43.1 Å². The van der Waals surface area contributed by atoms with Crippen molar-refractivity contribution in [2.24, 2.45) is 11.8 Å². The summed E-state index contributed by atoms with van der Waals surface area (Å²) in [4.78, 5) is 44.7. The van der Waals surface area contributed by atoms with Gasteiger partial charge in [0.25, 0.3) is 0 Å². The van der Waals surface area contributed by atoms with Crippen LogP contribution in [0, 0.1) is 11.8 Å². The first-order valence-corrected chi connectivity index (χ1v) is 14.9. The van der Waals surface area contributed by atoms with Crippen LogP contribution in [0.5, 0.6) is 0 Å². The summed E-state index contributed by atoms with van der Waals surface area (Å²) < 4.78 is 13.6. The van der Waals surface area contributed by atoms with E-state index in [1.807, 2.05) is 24.3 Å². The van der Waals surface area contributed by atoms with Crippen LogP contribution >= 0.6 is 15.9 Å². The maximum atomic E-state index is 14.5. The van der Waals surface area contributed by atoms with Crippen LogP contribution in [0.15, 0.2) is 36.9 Å². The first kappa shape index (κ1) is 28.7. The first-order valence-electron chi connectivity index (χ1n) is 14.0. The van der Waals surface area contributed by atoms with Crippen LogP contribution in [0.2, 0.25) is 0 Å². The van der Waals surface area contributed by atoms with E-state index in [1.165, 1.54) is 0 Å². The summed E-state index contributed by atoms with van der Waals surface area (Å²) in [6.45, 7) is 6.59. The number of likely N-dealkylation sites (tertiary alicyclic amines) is 1. The zero-order valence-electron chi connectivity index (χ0n) is 22.7. The molecule has 5 rings (SSSR count). The van der Waals surface area contributed by atoms with Crippen molar-refractivity contribution in [2.45, 2.75) is 68.3 Å². The molecule has 3 aliphatic rings. The fourth-order valence-corrected chi connectivity index (χ4v) is 7.58. The van der Waals surface area contributed by atoms with E-state index in [1.54, 1.807) is 27.5 Å². The Labute approximate surface area is 241 Å². The maximum absolute atomic E-state index is 14.5. The lowest BCUT2D eigenvalue weighted by Gasteiger charge is -2.37. The van der Waals surface area contributed by atoms with Gasteiger partial charge in [-0.2, -0.15) is 0 Å². The van der Waals surface area contributed by atoms with Crippen molar-refractivity contribution in [3.63, 3.8) is 0 Å². The number of esters is 1. The molecule has 1 aromatic heterocycles. The standard InChI is InChI=1S/C28H36BrN5O6/c1-3-13-32(17-34-20-12-8-7-11-19(20)30-31-34)26(37)24-28-16-18(29)23(40-28)21(27(38)39-4-2)22(28)25(36)33(24)14-9-5-6-10-15-35/h3,7-8,11-12,18,21-24,35H,1,4-6,9-10,13-17H2,2H3/t18?,21-,22-,23-,24?,28?/m0/s1. The highest BCUT2D eigenvalue weighted by molar-refractivity contribution is 9.09. The van der Waals surface area contributed by atoms with Crippen molar-refractivity contribution in [1.82, 2.24) is 24.8 Å². The van der Waals surface area contributed by atoms with Gasteiger partial charge >= 0.3 is 5.97 Å². The number of hydrogen-bond donors (Lipinski definition) is 1. The number of carbonyl (C=O) groups excluding carboxylic acids is 3. The Bertz CT molecular complexity index is 1270. The fourth-order valence-electron chi connectivity index (χ4n) is 6.63. The Morgan fingerprint density at radius 1 is 1.30 bits per heavy atom. The Kier molecular flexibility index (Phi) is 8.58. The summed E-state index contributed by atoms with van der Waals surface area (Å²) in [5.41, 5.74) is 0.341. The summed E-state index contributed by atoms with van der Waals surface area (Å²) in [7, 11) is 0. The van der Waals surface area contributed by atoms with Gasteiger partial charge in [0.05, 0.1) is 30.1 Å². The Morgan fingerprint density at radius 3 is 2.83 bits per heavy atom. The van der Waals surface area contributed by atoms with Crippen molar-refractivity contribution in [3.05, 3.63) is 36.9 Å². The number of alkyl halides is 1. The number of unbranched alkanes of at least 4 members (excludes halogenated alkanes) is 3. The number of halogens is 1. The van der Waals surface area contributed by atoms with Gasteiger partial charge in [-0.3, -0.25) is 14.4 Å². The molecule has 3 aliphatic heterocycles. The number of fused-ring (bicyclic) bond motifs is 2. The average molecular weight is 619 g/mol. The molecule has 216 valence electrons. The van der Waals surface area contributed by atoms with Crippen molar-refractivity contribution in [2.75, 3.05) is 26.3 Å². The lowest BCUT2D eigenvalue weighted by Crippen LogP contribution is -2.57. The van der Waals surface area contributed by atoms with E-state index in [2.05, 4.69) is 32.8 Å². The van der Waals surface area contributed by atoms with Crippen LogP contribution in [0.3, 0.4) is 0 Å². The lowest BCUT2D eigenvalue weighted by molar-refractivity contribution is -0.155. The van der Waals surface area contributed by atoms with E-state index in [0.717, 1.165) is 18.4 Å². The monoisotopic (exact) mass is 617 g/mol. The third kappa shape index (κ3) is 4.83. The number of aromatic nitrogens is 3. The van der Waals surface area contributed by atoms with E-state index >= 15 is 0 Å². The second-order valence-electron chi connectivity index (χ2n) is 10.7. The van der Waals surface area contributed by atoms with Crippen LogP contribution in [0.25, 0.3) is 11.0 Å². The molecule has 4 heterocycles. The Balaban J connectivity index is 1.49. The third-order valence-electron chi connectivity index (χ3n) is 8.28. The summed E-state index contributed by atoms with van der Waals surface area (Å²) in [5, 5.41) is 17.6. The zero-order chi connectivity index (χ0) is 28.4. The normalized spacial score (nSPS) is 28.7. The number of nitrogens with zero attached hydrogens (tertiary/aromatic N) is 5. The molecule has 2 aromatic rings. The molecule has 2 amide bonds. The summed E-state index contributed by atoms with van der Waals surface area (Å²) in [6, 6.07) is 6.59. The summed E-state index contributed by atoms with van der Waals surface area (Å²) in [5.74, 6) is -2.58. The second kappa shape index (κ2) is 12.0. The number of rotatable bonds is 13. The molecule has 1 aromatic carbocycles. The number of aliphatic hydroxyl groups excluding tert-OH is 1. The van der Waals surface area contributed by atoms with E-state index in [0.29, 0.717) is 31.3 Å². The van der Waals surface area contributed by atoms with Gasteiger partial charge < -0.3 is 24.4 Å². The van der Waals surface area contributed by atoms with Gasteiger partial charge in [0.1, 0.15) is 23.8 Å². The smallest absolute Gasteiger partial charge is 0.312 e. The zero-order valence-corrected chi connectivity index (χ0v) is 24.2. The number of amides is 2. The Morgan fingerprint density at radius 2 is 2.08 bits per heavy atom. The van der Waals surface area contributed by atoms with Gasteiger partial charge in [-0.05, 0) is 38.3 Å². The van der Waals surface area contributed by atoms with Gasteiger partial charge in [-0.25, -0.2) is 4.68 Å². The molecular weight excluding hydrogens is 582 g/mol. The van der Waals surface area contributed by atoms with Crippen LogP contribution in [0.1, 0.15) is 39.0 Å². The highest BCUT2D eigenvalue weighted by Crippen LogP contribution is 2.60. The molecule has 12 heteroatoms. The molecule has 40 heavy (non-hydrogen) atoms. The lowest BCUT2D eigenvalue weighted by atomic mass is 9.70. The van der Waals surface area contributed by atoms with Crippen LogP contribution in [-0.4, -0.2) is 96.6 Å². The first-order chi connectivity index (χ1) is 19.4. The highest BCUT2D eigenvalue weighted by Gasteiger charge is 2.77. The molecule has 0 saturated carbocycles. The van der Waals surface area contributed by atoms with Crippen molar-refractivity contribution in [1.29, 1.82) is 0 Å². The van der Waals surface area contributed by atoms with Crippen LogP contribution in [0.4, 0.5) is 0 Å². The number of ether oxygens (including phenoxy) is 2. The number of para-hydroxylation sites is 1. The molecule has 3 saturated heterocycles. The molecule has 1 spiro atoms. The number of carbonyl (C=O) groups is 3. The number of hydrogen-bond acceptors (Lipinski definition) is 8. The van der Waals surface area contributed by atoms with Crippen molar-refractivity contribution >= 4 is 44.7 Å². The second-order valence-corrected chi connectivity index (χ2v) is 11.8. The quantitative estimate of drug-likeness (QED) is 0.157. The molecule has 1 N–H and O–H groups in total. The highest BCUT2D eigenvalue weighted by atomic mass is 79.9. The summed E-state index contributed by atoms with van der Waals surface area (Å²) >= 11 is 3.68. The third-order valence-corrected chi connectivity index (χ3v) is 9.12. The Hall–Kier alpha value is -2.83. The molecule has 2 bridgehead atoms. The van der Waals surface area contributed by atoms with Gasteiger partial charge in [0.15, 0.2) is 0 Å².